The van der Waals surface area contributed by atoms with Gasteiger partial charge in [-0.05, 0) is 37.5 Å². The van der Waals surface area contributed by atoms with Gasteiger partial charge >= 0.3 is 0 Å². The topological polar surface area (TPSA) is 40.6 Å². The number of hydrogen-bond acceptors (Lipinski definition) is 2. The smallest absolute Gasteiger partial charge is 0.246 e. The molecule has 2 unspecified atom stereocenters. The van der Waals surface area contributed by atoms with E-state index in [1.54, 1.807) is 0 Å². The molecular weight excluding hydrogens is 252 g/mol. The Balaban J connectivity index is 1.72. The molecular formula is C16H26N2O2. The molecule has 0 aromatic rings. The molecule has 20 heavy (non-hydrogen) atoms. The number of rotatable bonds is 5. The van der Waals surface area contributed by atoms with Gasteiger partial charge in [0, 0.05) is 13.1 Å². The highest BCUT2D eigenvalue weighted by molar-refractivity contribution is 5.97. The van der Waals surface area contributed by atoms with Gasteiger partial charge in [0.2, 0.25) is 11.8 Å². The highest BCUT2D eigenvalue weighted by Crippen LogP contribution is 2.34. The number of amides is 2. The van der Waals surface area contributed by atoms with E-state index < -0.39 is 0 Å². The number of hydrogen-bond donors (Lipinski definition) is 0. The Bertz CT molecular complexity index is 403. The van der Waals surface area contributed by atoms with Crippen LogP contribution in [0.1, 0.15) is 52.4 Å². The van der Waals surface area contributed by atoms with Gasteiger partial charge in [-0.25, -0.2) is 0 Å². The summed E-state index contributed by atoms with van der Waals surface area (Å²) in [4.78, 5) is 29.1. The van der Waals surface area contributed by atoms with Gasteiger partial charge in [-0.1, -0.05) is 26.7 Å². The monoisotopic (exact) mass is 278 g/mol. The SMILES string of the molecule is CC(C)C1C(=O)N2CCCC2C(=O)N1CCCC1CC1. The predicted octanol–water partition coefficient (Wildman–Crippen LogP) is 2.03. The lowest BCUT2D eigenvalue weighted by Gasteiger charge is -2.44. The Hall–Kier alpha value is -1.06. The number of piperazine rings is 1. The van der Waals surface area contributed by atoms with Gasteiger partial charge in [-0.2, -0.15) is 0 Å². The molecule has 3 fully saturated rings. The summed E-state index contributed by atoms with van der Waals surface area (Å²) < 4.78 is 0. The minimum absolute atomic E-state index is 0.154. The van der Waals surface area contributed by atoms with E-state index in [0.29, 0.717) is 0 Å². The van der Waals surface area contributed by atoms with Gasteiger partial charge < -0.3 is 9.80 Å². The Morgan fingerprint density at radius 3 is 2.55 bits per heavy atom. The summed E-state index contributed by atoms with van der Waals surface area (Å²) in [5.74, 6) is 1.49. The van der Waals surface area contributed by atoms with Crippen LogP contribution in [0.4, 0.5) is 0 Å². The van der Waals surface area contributed by atoms with Crippen LogP contribution in [0.2, 0.25) is 0 Å². The van der Waals surface area contributed by atoms with Gasteiger partial charge in [0.1, 0.15) is 12.1 Å². The van der Waals surface area contributed by atoms with Crippen molar-refractivity contribution >= 4 is 11.8 Å². The van der Waals surface area contributed by atoms with Crippen molar-refractivity contribution in [2.75, 3.05) is 13.1 Å². The fraction of sp³-hybridized carbons (Fsp3) is 0.875. The molecule has 0 radical (unpaired) electrons. The van der Waals surface area contributed by atoms with Crippen LogP contribution in [-0.4, -0.2) is 46.8 Å². The van der Waals surface area contributed by atoms with Crippen molar-refractivity contribution in [2.24, 2.45) is 11.8 Å². The van der Waals surface area contributed by atoms with Crippen LogP contribution in [0.5, 0.6) is 0 Å². The first kappa shape index (κ1) is 13.9. The van der Waals surface area contributed by atoms with E-state index in [2.05, 4.69) is 13.8 Å². The average molecular weight is 278 g/mol. The molecule has 2 atom stereocenters. The maximum atomic E-state index is 12.7. The number of fused-ring (bicyclic) bond motifs is 1. The Morgan fingerprint density at radius 1 is 1.15 bits per heavy atom. The highest BCUT2D eigenvalue weighted by Gasteiger charge is 2.48. The minimum Gasteiger partial charge on any atom is -0.329 e. The zero-order valence-electron chi connectivity index (χ0n) is 12.7. The summed E-state index contributed by atoms with van der Waals surface area (Å²) >= 11 is 0. The molecule has 2 heterocycles. The van der Waals surface area contributed by atoms with Crippen LogP contribution in [0.25, 0.3) is 0 Å². The van der Waals surface area contributed by atoms with Crippen molar-refractivity contribution in [3.05, 3.63) is 0 Å². The van der Waals surface area contributed by atoms with E-state index in [1.807, 2.05) is 9.80 Å². The number of carbonyl (C=O) groups is 2. The van der Waals surface area contributed by atoms with E-state index in [1.165, 1.54) is 19.3 Å². The highest BCUT2D eigenvalue weighted by atomic mass is 16.2. The lowest BCUT2D eigenvalue weighted by Crippen LogP contribution is -2.64. The Kier molecular flexibility index (Phi) is 3.74. The third-order valence-electron chi connectivity index (χ3n) is 5.03. The van der Waals surface area contributed by atoms with Crippen LogP contribution in [0.15, 0.2) is 0 Å². The van der Waals surface area contributed by atoms with Crippen LogP contribution >= 0.6 is 0 Å². The molecule has 112 valence electrons. The van der Waals surface area contributed by atoms with Gasteiger partial charge in [-0.3, -0.25) is 9.59 Å². The lowest BCUT2D eigenvalue weighted by atomic mass is 9.95. The molecule has 3 aliphatic rings. The summed E-state index contributed by atoms with van der Waals surface area (Å²) in [5, 5.41) is 0. The van der Waals surface area contributed by atoms with Gasteiger partial charge in [0.15, 0.2) is 0 Å². The molecule has 1 aliphatic carbocycles. The fourth-order valence-electron chi connectivity index (χ4n) is 3.77. The summed E-state index contributed by atoms with van der Waals surface area (Å²) in [7, 11) is 0. The molecule has 3 rings (SSSR count). The van der Waals surface area contributed by atoms with Crippen molar-refractivity contribution in [2.45, 2.75) is 64.5 Å². The second kappa shape index (κ2) is 5.38. The standard InChI is InChI=1S/C16H26N2O2/c1-11(2)14-16(20)17-9-4-6-13(17)15(19)18(14)10-3-5-12-7-8-12/h11-14H,3-10H2,1-2H3. The van der Waals surface area contributed by atoms with Crippen LogP contribution in [-0.2, 0) is 9.59 Å². The van der Waals surface area contributed by atoms with Gasteiger partial charge in [-0.15, -0.1) is 0 Å². The van der Waals surface area contributed by atoms with Crippen LogP contribution in [0.3, 0.4) is 0 Å². The van der Waals surface area contributed by atoms with E-state index in [4.69, 9.17) is 0 Å². The summed E-state index contributed by atoms with van der Waals surface area (Å²) in [5.41, 5.74) is 0. The molecule has 1 saturated carbocycles. The molecule has 0 spiro atoms. The first-order chi connectivity index (χ1) is 9.59. The van der Waals surface area contributed by atoms with Crippen molar-refractivity contribution in [1.82, 2.24) is 9.80 Å². The summed E-state index contributed by atoms with van der Waals surface area (Å²) in [6.45, 7) is 5.66. The van der Waals surface area contributed by atoms with Crippen molar-refractivity contribution in [1.29, 1.82) is 0 Å². The van der Waals surface area contributed by atoms with E-state index in [-0.39, 0.29) is 29.8 Å². The Labute approximate surface area is 121 Å². The molecule has 2 amide bonds. The van der Waals surface area contributed by atoms with Crippen molar-refractivity contribution in [3.8, 4) is 0 Å². The molecule has 0 bridgehead atoms. The fourth-order valence-corrected chi connectivity index (χ4v) is 3.77. The molecule has 0 aromatic heterocycles. The molecule has 2 aliphatic heterocycles. The average Bonchev–Trinajstić information content (AvgIpc) is 3.08. The Morgan fingerprint density at radius 2 is 1.90 bits per heavy atom. The second-order valence-electron chi connectivity index (χ2n) is 7.00. The van der Waals surface area contributed by atoms with E-state index >= 15 is 0 Å². The van der Waals surface area contributed by atoms with E-state index in [0.717, 1.165) is 38.3 Å². The summed E-state index contributed by atoms with van der Waals surface area (Å²) in [6.07, 6.45) is 6.82. The van der Waals surface area contributed by atoms with Crippen LogP contribution in [0, 0.1) is 11.8 Å². The number of carbonyl (C=O) groups excluding carboxylic acids is 2. The number of nitrogens with zero attached hydrogens (tertiary/aromatic N) is 2. The molecule has 4 nitrogen and oxygen atoms in total. The zero-order chi connectivity index (χ0) is 14.3. The first-order valence-corrected chi connectivity index (χ1v) is 8.20. The maximum absolute atomic E-state index is 12.7. The molecule has 4 heteroatoms. The third-order valence-corrected chi connectivity index (χ3v) is 5.03. The largest absolute Gasteiger partial charge is 0.329 e. The third kappa shape index (κ3) is 2.45. The maximum Gasteiger partial charge on any atom is 0.246 e. The first-order valence-electron chi connectivity index (χ1n) is 8.20. The minimum atomic E-state index is -0.226. The second-order valence-corrected chi connectivity index (χ2v) is 7.00. The normalized spacial score (nSPS) is 30.4. The molecule has 2 saturated heterocycles. The summed E-state index contributed by atoms with van der Waals surface area (Å²) in [6, 6.07) is -0.380. The molecule has 0 N–H and O–H groups in total. The van der Waals surface area contributed by atoms with E-state index in [9.17, 15) is 9.59 Å². The van der Waals surface area contributed by atoms with Crippen molar-refractivity contribution in [3.63, 3.8) is 0 Å². The zero-order valence-corrected chi connectivity index (χ0v) is 12.7. The lowest BCUT2D eigenvalue weighted by molar-refractivity contribution is -0.161. The quantitative estimate of drug-likeness (QED) is 0.772. The predicted molar refractivity (Wildman–Crippen MR) is 77.0 cm³/mol. The van der Waals surface area contributed by atoms with Gasteiger partial charge in [0.25, 0.3) is 0 Å². The van der Waals surface area contributed by atoms with Crippen LogP contribution < -0.4 is 0 Å². The van der Waals surface area contributed by atoms with Crippen molar-refractivity contribution < 1.29 is 9.59 Å². The molecule has 0 aromatic carbocycles. The van der Waals surface area contributed by atoms with Gasteiger partial charge in [0.05, 0.1) is 0 Å².